The summed E-state index contributed by atoms with van der Waals surface area (Å²) in [7, 11) is 0. The quantitative estimate of drug-likeness (QED) is 0.404. The van der Waals surface area contributed by atoms with Gasteiger partial charge in [-0.2, -0.15) is 61.5 Å². The Labute approximate surface area is 153 Å². The minimum atomic E-state index is -6.90. The van der Waals surface area contributed by atoms with Gasteiger partial charge in [-0.25, -0.2) is 0 Å². The van der Waals surface area contributed by atoms with Crippen molar-refractivity contribution < 1.29 is 61.5 Å². The molecule has 0 saturated heterocycles. The predicted octanol–water partition coefficient (Wildman–Crippen LogP) is 7.03. The van der Waals surface area contributed by atoms with Crippen LogP contribution in [0.2, 0.25) is 0 Å². The van der Waals surface area contributed by atoms with Crippen LogP contribution in [0.15, 0.2) is 18.2 Å². The number of halogens is 14. The van der Waals surface area contributed by atoms with Gasteiger partial charge in [0.15, 0.2) is 0 Å². The van der Waals surface area contributed by atoms with Crippen LogP contribution in [0.5, 0.6) is 0 Å². The lowest BCUT2D eigenvalue weighted by atomic mass is 9.89. The summed E-state index contributed by atoms with van der Waals surface area (Å²) in [5.41, 5.74) is -6.12. The third-order valence-corrected chi connectivity index (χ3v) is 3.76. The molecule has 0 N–H and O–H groups in total. The SMILES string of the molecule is [CH2]CCc1ccc(C(F)(F)C(F)(F)C(F)(F)F)cc1C(F)(F)C(F)(F)C(F)(F)F. The molecule has 0 saturated carbocycles. The molecule has 1 radical (unpaired) electrons. The van der Waals surface area contributed by atoms with Crippen molar-refractivity contribution in [3.8, 4) is 0 Å². The highest BCUT2D eigenvalue weighted by atomic mass is 19.4. The Kier molecular flexibility index (Phi) is 6.26. The van der Waals surface area contributed by atoms with Crippen LogP contribution in [0.4, 0.5) is 61.5 Å². The number of benzene rings is 1. The van der Waals surface area contributed by atoms with E-state index in [0.29, 0.717) is 0 Å². The first-order valence-corrected chi connectivity index (χ1v) is 7.24. The Bertz CT molecular complexity index is 726. The second kappa shape index (κ2) is 7.18. The number of alkyl halides is 14. The van der Waals surface area contributed by atoms with E-state index < -0.39 is 71.6 Å². The van der Waals surface area contributed by atoms with Crippen LogP contribution in [0, 0.1) is 6.92 Å². The molecular formula is C15H9F14. The first-order valence-electron chi connectivity index (χ1n) is 7.24. The summed E-state index contributed by atoms with van der Waals surface area (Å²) in [6, 6.07) is -1.07. The van der Waals surface area contributed by atoms with E-state index >= 15 is 0 Å². The van der Waals surface area contributed by atoms with Gasteiger partial charge in [0.05, 0.1) is 0 Å². The van der Waals surface area contributed by atoms with Crippen molar-refractivity contribution in [1.82, 2.24) is 0 Å². The van der Waals surface area contributed by atoms with E-state index in [0.717, 1.165) is 0 Å². The number of aryl methyl sites for hydroxylation is 1. The monoisotopic (exact) mass is 455 g/mol. The number of hydrogen-bond acceptors (Lipinski definition) is 0. The van der Waals surface area contributed by atoms with E-state index in [9.17, 15) is 61.5 Å². The van der Waals surface area contributed by atoms with Crippen molar-refractivity contribution in [2.75, 3.05) is 0 Å². The highest BCUT2D eigenvalue weighted by Crippen LogP contribution is 2.55. The van der Waals surface area contributed by atoms with Crippen molar-refractivity contribution in [3.63, 3.8) is 0 Å². The third-order valence-electron chi connectivity index (χ3n) is 3.76. The van der Waals surface area contributed by atoms with Gasteiger partial charge in [0.1, 0.15) is 0 Å². The summed E-state index contributed by atoms with van der Waals surface area (Å²) in [6.07, 6.45) is -15.0. The minimum Gasteiger partial charge on any atom is -0.194 e. The summed E-state index contributed by atoms with van der Waals surface area (Å²) in [5, 5.41) is 0. The average Bonchev–Trinajstić information content (AvgIpc) is 2.52. The molecule has 14 heteroatoms. The van der Waals surface area contributed by atoms with Crippen LogP contribution in [-0.2, 0) is 18.3 Å². The molecule has 0 unspecified atom stereocenters. The summed E-state index contributed by atoms with van der Waals surface area (Å²) < 4.78 is 182. The Morgan fingerprint density at radius 2 is 1.03 bits per heavy atom. The first kappa shape index (κ1) is 25.3. The van der Waals surface area contributed by atoms with Gasteiger partial charge >= 0.3 is 36.0 Å². The number of rotatable bonds is 6. The van der Waals surface area contributed by atoms with Crippen molar-refractivity contribution in [2.24, 2.45) is 0 Å². The molecule has 0 aromatic heterocycles. The van der Waals surface area contributed by atoms with Crippen LogP contribution in [0.3, 0.4) is 0 Å². The fourth-order valence-corrected chi connectivity index (χ4v) is 2.18. The lowest BCUT2D eigenvalue weighted by Crippen LogP contribution is -2.51. The molecule has 0 aliphatic carbocycles. The molecule has 29 heavy (non-hydrogen) atoms. The molecule has 0 aliphatic rings. The highest BCUT2D eigenvalue weighted by molar-refractivity contribution is 5.39. The zero-order valence-electron chi connectivity index (χ0n) is 13.6. The summed E-state index contributed by atoms with van der Waals surface area (Å²) in [6.45, 7) is 3.09. The molecule has 0 atom stereocenters. The summed E-state index contributed by atoms with van der Waals surface area (Å²) in [5.74, 6) is -26.2. The standard InChI is InChI=1S/C15H9F14/c1-2-3-7-4-5-8(10(16,17)12(20,21)14(24,25)26)6-9(7)11(18,19)13(22,23)15(27,28)29/h4-6H,1-3H2. The van der Waals surface area contributed by atoms with Gasteiger partial charge in [-0.3, -0.25) is 0 Å². The molecular weight excluding hydrogens is 446 g/mol. The molecule has 0 heterocycles. The Balaban J connectivity index is 3.78. The van der Waals surface area contributed by atoms with Crippen molar-refractivity contribution in [3.05, 3.63) is 41.8 Å². The van der Waals surface area contributed by atoms with Crippen LogP contribution < -0.4 is 0 Å². The van der Waals surface area contributed by atoms with E-state index in [4.69, 9.17) is 0 Å². The molecule has 167 valence electrons. The maximum atomic E-state index is 14.0. The zero-order chi connectivity index (χ0) is 23.3. The Hall–Kier alpha value is -1.76. The maximum absolute atomic E-state index is 14.0. The van der Waals surface area contributed by atoms with Crippen LogP contribution in [0.25, 0.3) is 0 Å². The summed E-state index contributed by atoms with van der Waals surface area (Å²) in [4.78, 5) is 0. The topological polar surface area (TPSA) is 0 Å². The number of hydrogen-bond donors (Lipinski definition) is 0. The van der Waals surface area contributed by atoms with E-state index in [1.807, 2.05) is 0 Å². The van der Waals surface area contributed by atoms with Gasteiger partial charge in [0.25, 0.3) is 0 Å². The van der Waals surface area contributed by atoms with E-state index in [1.54, 1.807) is 0 Å². The lowest BCUT2D eigenvalue weighted by Gasteiger charge is -2.32. The third kappa shape index (κ3) is 3.98. The Morgan fingerprint density at radius 1 is 0.621 bits per heavy atom. The van der Waals surface area contributed by atoms with E-state index in [2.05, 4.69) is 6.92 Å². The lowest BCUT2D eigenvalue weighted by molar-refractivity contribution is -0.361. The molecule has 1 aromatic carbocycles. The molecule has 1 aromatic rings. The van der Waals surface area contributed by atoms with Crippen molar-refractivity contribution >= 4 is 0 Å². The van der Waals surface area contributed by atoms with Gasteiger partial charge in [-0.1, -0.05) is 19.1 Å². The van der Waals surface area contributed by atoms with Crippen molar-refractivity contribution in [2.45, 2.75) is 48.9 Å². The highest BCUT2D eigenvalue weighted by Gasteiger charge is 2.75. The van der Waals surface area contributed by atoms with Gasteiger partial charge in [-0.15, -0.1) is 0 Å². The first-order chi connectivity index (χ1) is 12.7. The van der Waals surface area contributed by atoms with Gasteiger partial charge in [-0.05, 0) is 24.5 Å². The Morgan fingerprint density at radius 3 is 1.41 bits per heavy atom. The van der Waals surface area contributed by atoms with E-state index in [-0.39, 0.29) is 12.1 Å². The molecule has 0 spiro atoms. The molecule has 0 amide bonds. The smallest absolute Gasteiger partial charge is 0.194 e. The molecule has 0 aliphatic heterocycles. The van der Waals surface area contributed by atoms with Crippen LogP contribution in [0.1, 0.15) is 23.1 Å². The molecule has 0 nitrogen and oxygen atoms in total. The summed E-state index contributed by atoms with van der Waals surface area (Å²) >= 11 is 0. The fraction of sp³-hybridized carbons (Fsp3) is 0.533. The van der Waals surface area contributed by atoms with Crippen molar-refractivity contribution in [1.29, 1.82) is 0 Å². The largest absolute Gasteiger partial charge is 0.460 e. The van der Waals surface area contributed by atoms with Gasteiger partial charge < -0.3 is 0 Å². The van der Waals surface area contributed by atoms with Crippen LogP contribution in [-0.4, -0.2) is 24.2 Å². The minimum absolute atomic E-state index is 0.0383. The fourth-order valence-electron chi connectivity index (χ4n) is 2.18. The molecule has 0 bridgehead atoms. The second-order valence-electron chi connectivity index (χ2n) is 5.77. The van der Waals surface area contributed by atoms with E-state index in [1.165, 1.54) is 0 Å². The zero-order valence-corrected chi connectivity index (χ0v) is 13.6. The van der Waals surface area contributed by atoms with Gasteiger partial charge in [0, 0.05) is 11.1 Å². The average molecular weight is 455 g/mol. The maximum Gasteiger partial charge on any atom is 0.460 e. The van der Waals surface area contributed by atoms with Gasteiger partial charge in [0.2, 0.25) is 0 Å². The molecule has 0 fully saturated rings. The van der Waals surface area contributed by atoms with Crippen LogP contribution >= 0.6 is 0 Å². The predicted molar refractivity (Wildman–Crippen MR) is 69.9 cm³/mol. The normalized spacial score (nSPS) is 15.0. The molecule has 1 rings (SSSR count). The second-order valence-corrected chi connectivity index (χ2v) is 5.77.